The topological polar surface area (TPSA) is 79.1 Å². The number of furan rings is 1. The van der Waals surface area contributed by atoms with Gasteiger partial charge in [-0.1, -0.05) is 30.3 Å². The lowest BCUT2D eigenvalue weighted by atomic mass is 10.2. The molecule has 0 unspecified atom stereocenters. The van der Waals surface area contributed by atoms with E-state index in [1.807, 2.05) is 48.5 Å². The number of carbonyl (C=O) groups excluding carboxylic acids is 2. The van der Waals surface area contributed by atoms with Crippen LogP contribution in [0.2, 0.25) is 0 Å². The Morgan fingerprint density at radius 1 is 0.889 bits per heavy atom. The van der Waals surface area contributed by atoms with Gasteiger partial charge >= 0.3 is 0 Å². The number of piperazine rings is 1. The number of rotatable bonds is 5. The molecule has 0 aliphatic carbocycles. The predicted molar refractivity (Wildman–Crippen MR) is 137 cm³/mol. The fourth-order valence-electron chi connectivity index (χ4n) is 4.91. The number of carbonyl (C=O) groups is 2. The predicted octanol–water partition coefficient (Wildman–Crippen LogP) is 3.76. The van der Waals surface area contributed by atoms with Gasteiger partial charge in [0.2, 0.25) is 0 Å². The van der Waals surface area contributed by atoms with E-state index in [9.17, 15) is 9.59 Å². The molecule has 8 nitrogen and oxygen atoms in total. The van der Waals surface area contributed by atoms with Crippen LogP contribution in [0.25, 0.3) is 10.9 Å². The van der Waals surface area contributed by atoms with Crippen LogP contribution in [-0.4, -0.2) is 61.0 Å². The van der Waals surface area contributed by atoms with Crippen molar-refractivity contribution >= 4 is 34.2 Å². The molecule has 0 saturated carbocycles. The number of benzene rings is 2. The summed E-state index contributed by atoms with van der Waals surface area (Å²) in [6, 6.07) is 21.2. The normalized spacial score (nSPS) is 15.3. The van der Waals surface area contributed by atoms with Gasteiger partial charge in [-0.2, -0.15) is 0 Å². The fourth-order valence-corrected chi connectivity index (χ4v) is 4.91. The molecule has 36 heavy (non-hydrogen) atoms. The number of nitrogens with zero attached hydrogens (tertiary/aromatic N) is 4. The summed E-state index contributed by atoms with van der Waals surface area (Å²) in [7, 11) is 0. The minimum Gasteiger partial charge on any atom is -0.481 e. The fraction of sp³-hybridized carbons (Fsp3) is 0.250. The average Bonchev–Trinajstić information content (AvgIpc) is 3.62. The molecule has 0 bridgehead atoms. The third-order valence-corrected chi connectivity index (χ3v) is 6.83. The highest BCUT2D eigenvalue weighted by Gasteiger charge is 2.26. The Labute approximate surface area is 208 Å². The molecule has 2 aliphatic heterocycles. The van der Waals surface area contributed by atoms with Crippen molar-refractivity contribution < 1.29 is 18.7 Å². The van der Waals surface area contributed by atoms with Crippen LogP contribution in [-0.2, 0) is 11.2 Å². The minimum absolute atomic E-state index is 0.0487. The lowest BCUT2D eigenvalue weighted by Gasteiger charge is -2.35. The van der Waals surface area contributed by atoms with Gasteiger partial charge in [-0.3, -0.25) is 9.59 Å². The van der Waals surface area contributed by atoms with Crippen LogP contribution in [0.5, 0.6) is 5.75 Å². The summed E-state index contributed by atoms with van der Waals surface area (Å²) in [6.45, 7) is 3.13. The van der Waals surface area contributed by atoms with Crippen molar-refractivity contribution in [3.63, 3.8) is 0 Å². The van der Waals surface area contributed by atoms with Crippen molar-refractivity contribution in [2.45, 2.75) is 6.42 Å². The number of fused-ring (bicyclic) bond motifs is 2. The molecule has 0 radical (unpaired) electrons. The standard InChI is InChI=1S/C28H26N4O4/c33-26(32-13-12-20-5-1-2-7-22(20)32)19-36-23-8-3-6-21-10-11-25(29-27(21)23)30-14-16-31(17-15-30)28(34)24-9-4-18-35-24/h1-11,18H,12-17,19H2. The van der Waals surface area contributed by atoms with Crippen molar-refractivity contribution in [3.8, 4) is 5.75 Å². The Kier molecular flexibility index (Phi) is 5.77. The van der Waals surface area contributed by atoms with Crippen molar-refractivity contribution in [1.82, 2.24) is 9.88 Å². The number of para-hydroxylation sites is 2. The molecule has 8 heteroatoms. The quantitative estimate of drug-likeness (QED) is 0.431. The summed E-state index contributed by atoms with van der Waals surface area (Å²) in [4.78, 5) is 36.1. The van der Waals surface area contributed by atoms with Gasteiger partial charge in [0.05, 0.1) is 6.26 Å². The second-order valence-electron chi connectivity index (χ2n) is 8.97. The minimum atomic E-state index is -0.0906. The number of pyridine rings is 1. The van der Waals surface area contributed by atoms with E-state index in [4.69, 9.17) is 14.1 Å². The van der Waals surface area contributed by atoms with Crippen molar-refractivity contribution in [2.24, 2.45) is 0 Å². The summed E-state index contributed by atoms with van der Waals surface area (Å²) in [5, 5.41) is 0.946. The van der Waals surface area contributed by atoms with E-state index in [0.29, 0.717) is 44.2 Å². The van der Waals surface area contributed by atoms with Crippen LogP contribution >= 0.6 is 0 Å². The zero-order valence-corrected chi connectivity index (χ0v) is 19.8. The lowest BCUT2D eigenvalue weighted by Crippen LogP contribution is -2.49. The van der Waals surface area contributed by atoms with Crippen LogP contribution in [0, 0.1) is 0 Å². The Hall–Kier alpha value is -4.33. The molecule has 2 aromatic carbocycles. The third-order valence-electron chi connectivity index (χ3n) is 6.83. The molecule has 0 spiro atoms. The number of aromatic nitrogens is 1. The smallest absolute Gasteiger partial charge is 0.289 e. The van der Waals surface area contributed by atoms with E-state index >= 15 is 0 Å². The summed E-state index contributed by atoms with van der Waals surface area (Å²) in [5.74, 6) is 1.61. The van der Waals surface area contributed by atoms with Crippen LogP contribution in [0.1, 0.15) is 16.1 Å². The molecule has 2 aromatic heterocycles. The van der Waals surface area contributed by atoms with Crippen LogP contribution in [0.3, 0.4) is 0 Å². The lowest BCUT2D eigenvalue weighted by molar-refractivity contribution is -0.120. The number of hydrogen-bond acceptors (Lipinski definition) is 6. The van der Waals surface area contributed by atoms with Crippen LogP contribution < -0.4 is 14.5 Å². The number of hydrogen-bond donors (Lipinski definition) is 0. The Balaban J connectivity index is 1.15. The maximum absolute atomic E-state index is 12.9. The van der Waals surface area contributed by atoms with E-state index in [1.54, 1.807) is 21.9 Å². The second-order valence-corrected chi connectivity index (χ2v) is 8.97. The first-order chi connectivity index (χ1) is 17.7. The largest absolute Gasteiger partial charge is 0.481 e. The molecule has 1 fully saturated rings. The Morgan fingerprint density at radius 3 is 2.58 bits per heavy atom. The zero-order chi connectivity index (χ0) is 24.5. The average molecular weight is 483 g/mol. The highest BCUT2D eigenvalue weighted by atomic mass is 16.5. The van der Waals surface area contributed by atoms with Gasteiger partial charge in [0.25, 0.3) is 11.8 Å². The van der Waals surface area contributed by atoms with Gasteiger partial charge in [-0.05, 0) is 48.4 Å². The van der Waals surface area contributed by atoms with Gasteiger partial charge in [-0.15, -0.1) is 0 Å². The van der Waals surface area contributed by atoms with Gasteiger partial charge in [-0.25, -0.2) is 4.98 Å². The SMILES string of the molecule is O=C(c1ccco1)N1CCN(c2ccc3cccc(OCC(=O)N4CCc5ccccc54)c3n2)CC1. The van der Waals surface area contributed by atoms with Crippen LogP contribution in [0.4, 0.5) is 11.5 Å². The van der Waals surface area contributed by atoms with Crippen molar-refractivity contribution in [1.29, 1.82) is 0 Å². The maximum Gasteiger partial charge on any atom is 0.289 e. The van der Waals surface area contributed by atoms with E-state index in [1.165, 1.54) is 11.8 Å². The van der Waals surface area contributed by atoms with Crippen LogP contribution in [0.15, 0.2) is 77.4 Å². The number of ether oxygens (including phenoxy) is 1. The Morgan fingerprint density at radius 2 is 1.75 bits per heavy atom. The summed E-state index contributed by atoms with van der Waals surface area (Å²) in [5.41, 5.74) is 2.88. The first kappa shape index (κ1) is 22.2. The second kappa shape index (κ2) is 9.37. The Bertz CT molecular complexity index is 1410. The van der Waals surface area contributed by atoms with Crippen molar-refractivity contribution in [2.75, 3.05) is 49.1 Å². The molecule has 4 aromatic rings. The molecule has 1 saturated heterocycles. The number of amides is 2. The molecular formula is C28H26N4O4. The first-order valence-corrected chi connectivity index (χ1v) is 12.2. The summed E-state index contributed by atoms with van der Waals surface area (Å²) in [6.07, 6.45) is 2.38. The highest BCUT2D eigenvalue weighted by molar-refractivity contribution is 5.97. The molecule has 4 heterocycles. The molecule has 0 N–H and O–H groups in total. The molecule has 2 aliphatic rings. The van der Waals surface area contributed by atoms with Gasteiger partial charge in [0.15, 0.2) is 12.4 Å². The molecule has 182 valence electrons. The van der Waals surface area contributed by atoms with Gasteiger partial charge in [0.1, 0.15) is 17.1 Å². The molecule has 0 atom stereocenters. The summed E-state index contributed by atoms with van der Waals surface area (Å²) < 4.78 is 11.3. The zero-order valence-electron chi connectivity index (χ0n) is 19.8. The maximum atomic E-state index is 12.9. The van der Waals surface area contributed by atoms with E-state index in [0.717, 1.165) is 28.8 Å². The van der Waals surface area contributed by atoms with Gasteiger partial charge < -0.3 is 23.9 Å². The molecular weight excluding hydrogens is 456 g/mol. The van der Waals surface area contributed by atoms with Crippen molar-refractivity contribution in [3.05, 3.63) is 84.3 Å². The van der Waals surface area contributed by atoms with E-state index in [2.05, 4.69) is 11.0 Å². The third kappa shape index (κ3) is 4.15. The monoisotopic (exact) mass is 482 g/mol. The number of anilines is 2. The summed E-state index contributed by atoms with van der Waals surface area (Å²) >= 11 is 0. The highest BCUT2D eigenvalue weighted by Crippen LogP contribution is 2.29. The molecule has 6 rings (SSSR count). The molecule has 2 amide bonds. The van der Waals surface area contributed by atoms with E-state index in [-0.39, 0.29) is 18.4 Å². The van der Waals surface area contributed by atoms with E-state index < -0.39 is 0 Å². The van der Waals surface area contributed by atoms with Gasteiger partial charge in [0, 0.05) is 43.8 Å². The first-order valence-electron chi connectivity index (χ1n) is 12.2.